The van der Waals surface area contributed by atoms with Crippen LogP contribution in [0.4, 0.5) is 5.69 Å². The maximum atomic E-state index is 12.8. The average molecular weight is 408 g/mol. The summed E-state index contributed by atoms with van der Waals surface area (Å²) in [5.74, 6) is -0.862. The van der Waals surface area contributed by atoms with Crippen LogP contribution in [0.5, 0.6) is 0 Å². The Balaban J connectivity index is 1.56. The number of hydrogen-bond acceptors (Lipinski definition) is 3. The molecule has 6 nitrogen and oxygen atoms in total. The Bertz CT molecular complexity index is 932. The second-order valence-corrected chi connectivity index (χ2v) is 8.17. The van der Waals surface area contributed by atoms with Gasteiger partial charge in [-0.3, -0.25) is 14.4 Å². The van der Waals surface area contributed by atoms with Crippen LogP contribution in [0.1, 0.15) is 28.7 Å². The van der Waals surface area contributed by atoms with Crippen molar-refractivity contribution < 1.29 is 14.4 Å². The third kappa shape index (κ3) is 5.06. The van der Waals surface area contributed by atoms with Crippen LogP contribution < -0.4 is 5.32 Å². The Morgan fingerprint density at radius 2 is 1.70 bits per heavy atom. The van der Waals surface area contributed by atoms with E-state index in [9.17, 15) is 14.4 Å². The molecule has 1 aliphatic rings. The number of benzene rings is 2. The number of carbonyl (C=O) groups is 3. The van der Waals surface area contributed by atoms with Gasteiger partial charge >= 0.3 is 0 Å². The van der Waals surface area contributed by atoms with Crippen LogP contribution in [-0.2, 0) is 20.9 Å². The minimum absolute atomic E-state index is 0.0256. The van der Waals surface area contributed by atoms with E-state index in [0.717, 1.165) is 22.4 Å². The van der Waals surface area contributed by atoms with Gasteiger partial charge in [-0.25, -0.2) is 0 Å². The highest BCUT2D eigenvalue weighted by Crippen LogP contribution is 2.23. The number of carbonyl (C=O) groups excluding carboxylic acids is 3. The molecule has 3 rings (SSSR count). The molecular weight excluding hydrogens is 378 g/mol. The van der Waals surface area contributed by atoms with Crippen molar-refractivity contribution >= 4 is 23.4 Å². The number of likely N-dealkylation sites (tertiary alicyclic amines) is 1. The maximum absolute atomic E-state index is 12.8. The highest BCUT2D eigenvalue weighted by molar-refractivity contribution is 5.97. The average Bonchev–Trinajstić information content (AvgIpc) is 3.06. The smallest absolute Gasteiger partial charge is 0.243 e. The van der Waals surface area contributed by atoms with Crippen molar-refractivity contribution in [2.24, 2.45) is 5.92 Å². The molecule has 158 valence electrons. The monoisotopic (exact) mass is 407 g/mol. The molecule has 1 heterocycles. The largest absolute Gasteiger partial charge is 0.338 e. The minimum atomic E-state index is -0.416. The van der Waals surface area contributed by atoms with Crippen LogP contribution in [0.2, 0.25) is 0 Å². The second kappa shape index (κ2) is 9.11. The van der Waals surface area contributed by atoms with E-state index in [1.807, 2.05) is 63.2 Å². The molecule has 6 heteroatoms. The van der Waals surface area contributed by atoms with Crippen molar-refractivity contribution in [3.63, 3.8) is 0 Å². The lowest BCUT2D eigenvalue weighted by Crippen LogP contribution is -2.39. The Kier molecular flexibility index (Phi) is 6.55. The third-order valence-electron chi connectivity index (χ3n) is 5.56. The molecule has 0 radical (unpaired) electrons. The molecule has 0 aliphatic carbocycles. The fourth-order valence-electron chi connectivity index (χ4n) is 3.80. The molecule has 0 bridgehead atoms. The molecule has 1 fully saturated rings. The van der Waals surface area contributed by atoms with Crippen molar-refractivity contribution in [2.75, 3.05) is 25.5 Å². The zero-order chi connectivity index (χ0) is 21.8. The standard InChI is InChI=1S/C24H29N3O3/c1-16-8-10-19(11-9-16)13-27-14-20(12-22(27)29)24(30)26(4)15-21(28)25-23-17(2)6-5-7-18(23)3/h5-11,20H,12-15H2,1-4H3,(H,25,28). The van der Waals surface area contributed by atoms with Crippen LogP contribution in [0.15, 0.2) is 42.5 Å². The lowest BCUT2D eigenvalue weighted by Gasteiger charge is -2.21. The van der Waals surface area contributed by atoms with Gasteiger partial charge in [0.25, 0.3) is 0 Å². The van der Waals surface area contributed by atoms with Crippen LogP contribution >= 0.6 is 0 Å². The number of anilines is 1. The van der Waals surface area contributed by atoms with Gasteiger partial charge in [-0.05, 0) is 37.5 Å². The van der Waals surface area contributed by atoms with E-state index in [1.54, 1.807) is 11.9 Å². The SMILES string of the molecule is Cc1ccc(CN2CC(C(=O)N(C)CC(=O)Nc3c(C)cccc3C)CC2=O)cc1. The maximum Gasteiger partial charge on any atom is 0.243 e. The minimum Gasteiger partial charge on any atom is -0.338 e. The number of nitrogens with one attached hydrogen (secondary N) is 1. The summed E-state index contributed by atoms with van der Waals surface area (Å²) in [6.07, 6.45) is 0.188. The van der Waals surface area contributed by atoms with Gasteiger partial charge in [0.1, 0.15) is 0 Å². The summed E-state index contributed by atoms with van der Waals surface area (Å²) in [6.45, 7) is 6.73. The van der Waals surface area contributed by atoms with E-state index in [4.69, 9.17) is 0 Å². The van der Waals surface area contributed by atoms with E-state index in [1.165, 1.54) is 10.5 Å². The Morgan fingerprint density at radius 3 is 2.33 bits per heavy atom. The van der Waals surface area contributed by atoms with Gasteiger partial charge < -0.3 is 15.1 Å². The number of aryl methyl sites for hydroxylation is 3. The zero-order valence-electron chi connectivity index (χ0n) is 18.1. The van der Waals surface area contributed by atoms with E-state index < -0.39 is 5.92 Å². The van der Waals surface area contributed by atoms with E-state index in [-0.39, 0.29) is 30.7 Å². The van der Waals surface area contributed by atoms with Crippen molar-refractivity contribution in [2.45, 2.75) is 33.7 Å². The molecular formula is C24H29N3O3. The second-order valence-electron chi connectivity index (χ2n) is 8.17. The van der Waals surface area contributed by atoms with E-state index in [0.29, 0.717) is 13.1 Å². The first-order valence-corrected chi connectivity index (χ1v) is 10.2. The van der Waals surface area contributed by atoms with Crippen LogP contribution in [-0.4, -0.2) is 47.7 Å². The number of para-hydroxylation sites is 1. The molecule has 1 atom stereocenters. The highest BCUT2D eigenvalue weighted by atomic mass is 16.2. The molecule has 3 amide bonds. The third-order valence-corrected chi connectivity index (χ3v) is 5.56. The number of rotatable bonds is 6. The molecule has 0 spiro atoms. The first-order chi connectivity index (χ1) is 14.2. The van der Waals surface area contributed by atoms with Crippen LogP contribution in [0, 0.1) is 26.7 Å². The number of nitrogens with zero attached hydrogens (tertiary/aromatic N) is 2. The first kappa shape index (κ1) is 21.6. The summed E-state index contributed by atoms with van der Waals surface area (Å²) < 4.78 is 0. The number of amides is 3. The van der Waals surface area contributed by atoms with E-state index in [2.05, 4.69) is 5.32 Å². The first-order valence-electron chi connectivity index (χ1n) is 10.2. The van der Waals surface area contributed by atoms with Crippen molar-refractivity contribution in [3.05, 3.63) is 64.7 Å². The number of hydrogen-bond donors (Lipinski definition) is 1. The molecule has 0 aromatic heterocycles. The normalized spacial score (nSPS) is 15.9. The predicted molar refractivity (Wildman–Crippen MR) is 117 cm³/mol. The quantitative estimate of drug-likeness (QED) is 0.800. The molecule has 2 aromatic carbocycles. The van der Waals surface area contributed by atoms with Gasteiger partial charge in [0.15, 0.2) is 0 Å². The van der Waals surface area contributed by atoms with Gasteiger partial charge in [0.2, 0.25) is 17.7 Å². The molecule has 1 N–H and O–H groups in total. The number of likely N-dealkylation sites (N-methyl/N-ethyl adjacent to an activating group) is 1. The molecule has 2 aromatic rings. The summed E-state index contributed by atoms with van der Waals surface area (Å²) >= 11 is 0. The summed E-state index contributed by atoms with van der Waals surface area (Å²) in [6, 6.07) is 13.8. The van der Waals surface area contributed by atoms with Crippen LogP contribution in [0.25, 0.3) is 0 Å². The molecule has 0 saturated carbocycles. The summed E-state index contributed by atoms with van der Waals surface area (Å²) in [5.41, 5.74) is 4.95. The van der Waals surface area contributed by atoms with E-state index >= 15 is 0 Å². The topological polar surface area (TPSA) is 69.7 Å². The fourth-order valence-corrected chi connectivity index (χ4v) is 3.80. The zero-order valence-corrected chi connectivity index (χ0v) is 18.1. The van der Waals surface area contributed by atoms with Crippen molar-refractivity contribution in [1.29, 1.82) is 0 Å². The molecule has 1 unspecified atom stereocenters. The molecule has 1 saturated heterocycles. The Hall–Kier alpha value is -3.15. The van der Waals surface area contributed by atoms with Gasteiger partial charge in [-0.15, -0.1) is 0 Å². The van der Waals surface area contributed by atoms with Gasteiger partial charge in [-0.1, -0.05) is 48.0 Å². The lowest BCUT2D eigenvalue weighted by atomic mass is 10.1. The van der Waals surface area contributed by atoms with Gasteiger partial charge in [0.05, 0.1) is 12.5 Å². The fraction of sp³-hybridized carbons (Fsp3) is 0.375. The lowest BCUT2D eigenvalue weighted by molar-refractivity contribution is -0.137. The van der Waals surface area contributed by atoms with Crippen molar-refractivity contribution in [3.8, 4) is 0 Å². The summed E-state index contributed by atoms with van der Waals surface area (Å²) in [4.78, 5) is 40.8. The molecule has 1 aliphatic heterocycles. The Morgan fingerprint density at radius 1 is 1.07 bits per heavy atom. The summed E-state index contributed by atoms with van der Waals surface area (Å²) in [5, 5.41) is 2.90. The van der Waals surface area contributed by atoms with Crippen LogP contribution in [0.3, 0.4) is 0 Å². The van der Waals surface area contributed by atoms with Gasteiger partial charge in [-0.2, -0.15) is 0 Å². The molecule has 30 heavy (non-hydrogen) atoms. The highest BCUT2D eigenvalue weighted by Gasteiger charge is 2.36. The van der Waals surface area contributed by atoms with Gasteiger partial charge in [0, 0.05) is 32.2 Å². The Labute approximate surface area is 177 Å². The van der Waals surface area contributed by atoms with Crippen molar-refractivity contribution in [1.82, 2.24) is 9.80 Å². The summed E-state index contributed by atoms with van der Waals surface area (Å²) in [7, 11) is 1.61. The predicted octanol–water partition coefficient (Wildman–Crippen LogP) is 3.06.